The molecule has 0 spiro atoms. The van der Waals surface area contributed by atoms with Crippen LogP contribution in [-0.4, -0.2) is 40.5 Å². The maximum atomic E-state index is 11.6. The number of ether oxygens (including phenoxy) is 4. The largest absolute Gasteiger partial charge is 0.493 e. The molecular formula is C19H30O5. The molecule has 0 aliphatic carbocycles. The zero-order valence-corrected chi connectivity index (χ0v) is 15.5. The summed E-state index contributed by atoms with van der Waals surface area (Å²) in [5, 5.41) is 0. The molecule has 1 aromatic carbocycles. The molecule has 5 nitrogen and oxygen atoms in total. The molecule has 0 aliphatic rings. The molecule has 0 radical (unpaired) electrons. The van der Waals surface area contributed by atoms with E-state index in [9.17, 15) is 4.79 Å². The first-order valence-corrected chi connectivity index (χ1v) is 8.37. The molecule has 1 rings (SSSR count). The van der Waals surface area contributed by atoms with Gasteiger partial charge in [-0.25, -0.2) is 0 Å². The Labute approximate surface area is 145 Å². The number of rotatable bonds is 11. The van der Waals surface area contributed by atoms with Crippen molar-refractivity contribution in [2.24, 2.45) is 11.8 Å². The third-order valence-corrected chi connectivity index (χ3v) is 4.08. The van der Waals surface area contributed by atoms with Crippen LogP contribution in [0.2, 0.25) is 0 Å². The maximum Gasteiger partial charge on any atom is 0.305 e. The lowest BCUT2D eigenvalue weighted by Crippen LogP contribution is -2.17. The molecule has 0 heterocycles. The first-order valence-electron chi connectivity index (χ1n) is 8.37. The molecule has 0 bridgehead atoms. The van der Waals surface area contributed by atoms with Gasteiger partial charge in [0.2, 0.25) is 0 Å². The van der Waals surface area contributed by atoms with Crippen molar-refractivity contribution in [1.82, 2.24) is 0 Å². The molecule has 0 saturated heterocycles. The summed E-state index contributed by atoms with van der Waals surface area (Å²) in [6, 6.07) is 5.93. The standard InChI is InChI=1S/C19H30O5/c1-14(2)16(13-19(20)23-5)11-15-7-8-17(22-4)18(12-15)24-10-6-9-21-3/h7-8,12,14,16H,6,9-11,13H2,1-5H3. The number of hydrogen-bond acceptors (Lipinski definition) is 5. The average molecular weight is 338 g/mol. The van der Waals surface area contributed by atoms with Crippen LogP contribution in [0.5, 0.6) is 11.5 Å². The number of carbonyl (C=O) groups is 1. The number of carbonyl (C=O) groups excluding carboxylic acids is 1. The lowest BCUT2D eigenvalue weighted by molar-refractivity contribution is -0.142. The minimum Gasteiger partial charge on any atom is -0.493 e. The molecule has 5 heteroatoms. The van der Waals surface area contributed by atoms with E-state index in [-0.39, 0.29) is 11.9 Å². The zero-order valence-electron chi connectivity index (χ0n) is 15.5. The second-order valence-electron chi connectivity index (χ2n) is 6.17. The highest BCUT2D eigenvalue weighted by Gasteiger charge is 2.19. The minimum absolute atomic E-state index is 0.168. The van der Waals surface area contributed by atoms with Crippen LogP contribution in [0.25, 0.3) is 0 Å². The predicted molar refractivity (Wildman–Crippen MR) is 93.6 cm³/mol. The van der Waals surface area contributed by atoms with Crippen LogP contribution in [0.15, 0.2) is 18.2 Å². The number of methoxy groups -OCH3 is 3. The fraction of sp³-hybridized carbons (Fsp3) is 0.632. The van der Waals surface area contributed by atoms with E-state index in [1.54, 1.807) is 14.2 Å². The van der Waals surface area contributed by atoms with Crippen molar-refractivity contribution < 1.29 is 23.7 Å². The molecule has 24 heavy (non-hydrogen) atoms. The molecular weight excluding hydrogens is 308 g/mol. The lowest BCUT2D eigenvalue weighted by atomic mass is 9.86. The summed E-state index contributed by atoms with van der Waals surface area (Å²) < 4.78 is 21.0. The quantitative estimate of drug-likeness (QED) is 0.457. The van der Waals surface area contributed by atoms with E-state index >= 15 is 0 Å². The topological polar surface area (TPSA) is 54.0 Å². The van der Waals surface area contributed by atoms with Gasteiger partial charge < -0.3 is 18.9 Å². The van der Waals surface area contributed by atoms with Crippen LogP contribution in [0, 0.1) is 11.8 Å². The van der Waals surface area contributed by atoms with Gasteiger partial charge in [-0.1, -0.05) is 19.9 Å². The van der Waals surface area contributed by atoms with Gasteiger partial charge in [-0.2, -0.15) is 0 Å². The van der Waals surface area contributed by atoms with Gasteiger partial charge in [-0.3, -0.25) is 4.79 Å². The van der Waals surface area contributed by atoms with Crippen molar-refractivity contribution in [1.29, 1.82) is 0 Å². The molecule has 0 aromatic heterocycles. The van der Waals surface area contributed by atoms with Crippen LogP contribution in [0.4, 0.5) is 0 Å². The monoisotopic (exact) mass is 338 g/mol. The predicted octanol–water partition coefficient (Wildman–Crippen LogP) is 3.49. The summed E-state index contributed by atoms with van der Waals surface area (Å²) in [6.07, 6.45) is 2.04. The summed E-state index contributed by atoms with van der Waals surface area (Å²) in [6.45, 7) is 5.48. The zero-order chi connectivity index (χ0) is 17.9. The van der Waals surface area contributed by atoms with Crippen molar-refractivity contribution in [3.8, 4) is 11.5 Å². The van der Waals surface area contributed by atoms with Gasteiger partial charge in [0.25, 0.3) is 0 Å². The summed E-state index contributed by atoms with van der Waals surface area (Å²) in [5.74, 6) is 1.89. The average Bonchev–Trinajstić information content (AvgIpc) is 2.58. The fourth-order valence-electron chi connectivity index (χ4n) is 2.49. The van der Waals surface area contributed by atoms with Crippen LogP contribution >= 0.6 is 0 Å². The van der Waals surface area contributed by atoms with E-state index in [0.29, 0.717) is 31.3 Å². The molecule has 0 fully saturated rings. The highest BCUT2D eigenvalue weighted by molar-refractivity contribution is 5.69. The number of benzene rings is 1. The van der Waals surface area contributed by atoms with E-state index < -0.39 is 0 Å². The Morgan fingerprint density at radius 1 is 1.08 bits per heavy atom. The van der Waals surface area contributed by atoms with Crippen molar-refractivity contribution in [3.05, 3.63) is 23.8 Å². The van der Waals surface area contributed by atoms with Gasteiger partial charge in [0, 0.05) is 26.6 Å². The first kappa shape index (κ1) is 20.3. The van der Waals surface area contributed by atoms with Gasteiger partial charge in [0.05, 0.1) is 20.8 Å². The summed E-state index contributed by atoms with van der Waals surface area (Å²) in [4.78, 5) is 11.6. The molecule has 136 valence electrons. The lowest BCUT2D eigenvalue weighted by Gasteiger charge is -2.20. The SMILES string of the molecule is COCCCOc1cc(CC(CC(=O)OC)C(C)C)ccc1OC. The fourth-order valence-corrected chi connectivity index (χ4v) is 2.49. The molecule has 1 unspecified atom stereocenters. The minimum atomic E-state index is -0.168. The molecule has 0 N–H and O–H groups in total. The van der Waals surface area contributed by atoms with Crippen LogP contribution < -0.4 is 9.47 Å². The third kappa shape index (κ3) is 6.79. The molecule has 1 aromatic rings. The van der Waals surface area contributed by atoms with E-state index in [2.05, 4.69) is 13.8 Å². The second kappa shape index (κ2) is 10.9. The Hall–Kier alpha value is -1.75. The van der Waals surface area contributed by atoms with Crippen molar-refractivity contribution >= 4 is 5.97 Å². The van der Waals surface area contributed by atoms with Crippen molar-refractivity contribution in [2.75, 3.05) is 34.5 Å². The Balaban J connectivity index is 2.80. The Morgan fingerprint density at radius 2 is 1.83 bits per heavy atom. The highest BCUT2D eigenvalue weighted by Crippen LogP contribution is 2.30. The van der Waals surface area contributed by atoms with Gasteiger partial charge in [0.1, 0.15) is 0 Å². The molecule has 1 atom stereocenters. The summed E-state index contributed by atoms with van der Waals surface area (Å²) in [7, 11) is 4.73. The number of hydrogen-bond donors (Lipinski definition) is 0. The van der Waals surface area contributed by atoms with Crippen LogP contribution in [0.1, 0.15) is 32.3 Å². The van der Waals surface area contributed by atoms with Crippen molar-refractivity contribution in [2.45, 2.75) is 33.1 Å². The maximum absolute atomic E-state index is 11.6. The normalized spacial score (nSPS) is 12.1. The van der Waals surface area contributed by atoms with Crippen LogP contribution in [-0.2, 0) is 20.7 Å². The van der Waals surface area contributed by atoms with E-state index in [0.717, 1.165) is 24.2 Å². The Bertz CT molecular complexity index is 499. The third-order valence-electron chi connectivity index (χ3n) is 4.08. The van der Waals surface area contributed by atoms with E-state index in [1.807, 2.05) is 18.2 Å². The smallest absolute Gasteiger partial charge is 0.305 e. The van der Waals surface area contributed by atoms with E-state index in [1.165, 1.54) is 7.11 Å². The van der Waals surface area contributed by atoms with Crippen LogP contribution in [0.3, 0.4) is 0 Å². The Kier molecular flexibility index (Phi) is 9.23. The van der Waals surface area contributed by atoms with Gasteiger partial charge in [-0.05, 0) is 36.0 Å². The second-order valence-corrected chi connectivity index (χ2v) is 6.17. The molecule has 0 aliphatic heterocycles. The molecule has 0 amide bonds. The first-order chi connectivity index (χ1) is 11.5. The molecule has 0 saturated carbocycles. The highest BCUT2D eigenvalue weighted by atomic mass is 16.5. The van der Waals surface area contributed by atoms with Gasteiger partial charge in [0.15, 0.2) is 11.5 Å². The van der Waals surface area contributed by atoms with Gasteiger partial charge in [-0.15, -0.1) is 0 Å². The number of esters is 1. The van der Waals surface area contributed by atoms with E-state index in [4.69, 9.17) is 18.9 Å². The van der Waals surface area contributed by atoms with Gasteiger partial charge >= 0.3 is 5.97 Å². The Morgan fingerprint density at radius 3 is 2.42 bits per heavy atom. The van der Waals surface area contributed by atoms with Crippen molar-refractivity contribution in [3.63, 3.8) is 0 Å². The summed E-state index contributed by atoms with van der Waals surface area (Å²) in [5.41, 5.74) is 1.13. The summed E-state index contributed by atoms with van der Waals surface area (Å²) >= 11 is 0.